The summed E-state index contributed by atoms with van der Waals surface area (Å²) in [5, 5.41) is 0. The van der Waals surface area contributed by atoms with Gasteiger partial charge in [0.15, 0.2) is 0 Å². The smallest absolute Gasteiger partial charge is 0.462 e. The molecule has 0 N–H and O–H groups in total. The van der Waals surface area contributed by atoms with E-state index in [-0.39, 0.29) is 24.8 Å². The topological polar surface area (TPSA) is 44.8 Å². The molecule has 116 valence electrons. The van der Waals surface area contributed by atoms with Crippen molar-refractivity contribution in [3.05, 3.63) is 11.6 Å². The number of hydrogen-bond acceptors (Lipinski definition) is 4. The third-order valence-corrected chi connectivity index (χ3v) is 6.05. The number of esters is 1. The van der Waals surface area contributed by atoms with Crippen LogP contribution in [-0.2, 0) is 18.8 Å². The minimum absolute atomic E-state index is 0.151. The fraction of sp³-hybridized carbons (Fsp3) is 0.812. The minimum atomic E-state index is -0.333. The van der Waals surface area contributed by atoms with Gasteiger partial charge in [-0.1, -0.05) is 19.9 Å². The van der Waals surface area contributed by atoms with Crippen LogP contribution >= 0.6 is 0 Å². The third-order valence-electron chi connectivity index (χ3n) is 6.05. The predicted molar refractivity (Wildman–Crippen MR) is 80.7 cm³/mol. The second-order valence-electron chi connectivity index (χ2n) is 7.49. The molecule has 0 spiro atoms. The molecule has 0 aromatic heterocycles. The van der Waals surface area contributed by atoms with Gasteiger partial charge in [-0.2, -0.15) is 0 Å². The van der Waals surface area contributed by atoms with Crippen LogP contribution < -0.4 is 0 Å². The summed E-state index contributed by atoms with van der Waals surface area (Å²) in [4.78, 5) is 11.7. The number of ether oxygens (including phenoxy) is 1. The Kier molecular flexibility index (Phi) is 3.49. The summed E-state index contributed by atoms with van der Waals surface area (Å²) in [6.07, 6.45) is 4.70. The zero-order chi connectivity index (χ0) is 15.4. The first-order chi connectivity index (χ1) is 9.81. The molecule has 4 nitrogen and oxygen atoms in total. The summed E-state index contributed by atoms with van der Waals surface area (Å²) in [7, 11) is 1.07. The molecular formula is C16H25BO4. The zero-order valence-corrected chi connectivity index (χ0v) is 13.6. The summed E-state index contributed by atoms with van der Waals surface area (Å²) < 4.78 is 17.2. The highest BCUT2D eigenvalue weighted by Gasteiger charge is 2.66. The molecule has 0 aromatic carbocycles. The van der Waals surface area contributed by atoms with E-state index in [1.54, 1.807) is 6.08 Å². The Balaban J connectivity index is 1.72. The second-order valence-corrected chi connectivity index (χ2v) is 7.49. The Labute approximate surface area is 127 Å². The van der Waals surface area contributed by atoms with E-state index in [2.05, 4.69) is 20.8 Å². The van der Waals surface area contributed by atoms with E-state index in [1.165, 1.54) is 13.5 Å². The Bertz CT molecular complexity index is 487. The van der Waals surface area contributed by atoms with Gasteiger partial charge in [0, 0.05) is 11.9 Å². The predicted octanol–water partition coefficient (Wildman–Crippen LogP) is 2.83. The molecule has 2 bridgehead atoms. The average Bonchev–Trinajstić information content (AvgIpc) is 2.79. The molecular weight excluding hydrogens is 267 g/mol. The molecule has 0 aromatic rings. The van der Waals surface area contributed by atoms with Gasteiger partial charge in [-0.15, -0.1) is 0 Å². The molecule has 21 heavy (non-hydrogen) atoms. The molecule has 3 aliphatic carbocycles. The summed E-state index contributed by atoms with van der Waals surface area (Å²) in [5.41, 5.74) is 0.785. The van der Waals surface area contributed by atoms with E-state index in [9.17, 15) is 4.79 Å². The van der Waals surface area contributed by atoms with Crippen LogP contribution in [-0.4, -0.2) is 31.9 Å². The maximum atomic E-state index is 11.7. The maximum absolute atomic E-state index is 11.7. The highest BCUT2D eigenvalue weighted by molar-refractivity contribution is 6.47. The molecule has 4 rings (SSSR count). The first-order valence-electron chi connectivity index (χ1n) is 7.88. The Morgan fingerprint density at radius 1 is 1.43 bits per heavy atom. The molecule has 4 aliphatic rings. The Morgan fingerprint density at radius 2 is 2.14 bits per heavy atom. The van der Waals surface area contributed by atoms with E-state index in [0.717, 1.165) is 12.3 Å². The van der Waals surface area contributed by atoms with Crippen LogP contribution in [0, 0.1) is 17.3 Å². The molecule has 0 unspecified atom stereocenters. The number of rotatable bonds is 3. The minimum Gasteiger partial charge on any atom is -0.466 e. The molecule has 3 saturated carbocycles. The summed E-state index contributed by atoms with van der Waals surface area (Å²) in [6, 6.07) is 0. The van der Waals surface area contributed by atoms with Crippen LogP contribution in [0.2, 0.25) is 6.32 Å². The quantitative estimate of drug-likeness (QED) is 0.456. The van der Waals surface area contributed by atoms with Gasteiger partial charge in [0.05, 0.1) is 18.8 Å². The van der Waals surface area contributed by atoms with Gasteiger partial charge < -0.3 is 14.0 Å². The largest absolute Gasteiger partial charge is 0.466 e. The molecule has 4 atom stereocenters. The third kappa shape index (κ3) is 2.17. The number of methoxy groups -OCH3 is 1. The molecule has 5 heteroatoms. The first-order valence-corrected chi connectivity index (χ1v) is 7.88. The lowest BCUT2D eigenvalue weighted by Gasteiger charge is -2.63. The van der Waals surface area contributed by atoms with Gasteiger partial charge in [0.2, 0.25) is 0 Å². The monoisotopic (exact) mass is 292 g/mol. The molecule has 1 aliphatic heterocycles. The van der Waals surface area contributed by atoms with Crippen molar-refractivity contribution in [2.45, 2.75) is 58.6 Å². The van der Waals surface area contributed by atoms with Gasteiger partial charge in [0.25, 0.3) is 0 Å². The summed E-state index contributed by atoms with van der Waals surface area (Å²) in [5.74, 6) is 1.00. The molecule has 0 amide bonds. The van der Waals surface area contributed by atoms with Gasteiger partial charge in [-0.3, -0.25) is 0 Å². The van der Waals surface area contributed by atoms with Crippen LogP contribution in [0.3, 0.4) is 0 Å². The van der Waals surface area contributed by atoms with E-state index < -0.39 is 0 Å². The maximum Gasteiger partial charge on any atom is 0.462 e. The van der Waals surface area contributed by atoms with Crippen molar-refractivity contribution in [3.63, 3.8) is 0 Å². The molecule has 1 heterocycles. The van der Waals surface area contributed by atoms with Crippen molar-refractivity contribution in [1.82, 2.24) is 0 Å². The van der Waals surface area contributed by atoms with Gasteiger partial charge in [0.1, 0.15) is 0 Å². The van der Waals surface area contributed by atoms with Crippen LogP contribution in [0.1, 0.15) is 40.5 Å². The SMILES string of the molecule is C/C=C(\CB1O[C@H]2[C@@H]3C[C@H](C[C@@]2(C)O1)C3(C)C)C(=O)OC. The van der Waals surface area contributed by atoms with Gasteiger partial charge >= 0.3 is 13.1 Å². The van der Waals surface area contributed by atoms with Crippen molar-refractivity contribution >= 4 is 13.1 Å². The Hall–Kier alpha value is -0.805. The number of hydrogen-bond donors (Lipinski definition) is 0. The number of allylic oxidation sites excluding steroid dienone is 1. The number of carbonyl (C=O) groups is 1. The average molecular weight is 292 g/mol. The van der Waals surface area contributed by atoms with Gasteiger partial charge in [-0.25, -0.2) is 4.79 Å². The van der Waals surface area contributed by atoms with Crippen molar-refractivity contribution in [3.8, 4) is 0 Å². The van der Waals surface area contributed by atoms with Crippen molar-refractivity contribution in [2.75, 3.05) is 7.11 Å². The highest BCUT2D eigenvalue weighted by Crippen LogP contribution is 2.64. The van der Waals surface area contributed by atoms with Crippen molar-refractivity contribution in [1.29, 1.82) is 0 Å². The van der Waals surface area contributed by atoms with E-state index in [1.807, 2.05) is 6.92 Å². The molecule has 1 saturated heterocycles. The summed E-state index contributed by atoms with van der Waals surface area (Å²) >= 11 is 0. The first kappa shape index (κ1) is 15.1. The summed E-state index contributed by atoms with van der Waals surface area (Å²) in [6.45, 7) is 8.69. The standard InChI is InChI=1S/C16H25BO4/c1-6-10(14(18)19-5)9-17-20-13-12-7-11(15(12,2)3)8-16(13,4)21-17/h6,11-13H,7-9H2,1-5H3/b10-6+/t11-,12+,13+,16-/m1/s1. The lowest BCUT2D eigenvalue weighted by atomic mass is 9.45. The zero-order valence-electron chi connectivity index (χ0n) is 13.6. The van der Waals surface area contributed by atoms with Crippen LogP contribution in [0.25, 0.3) is 0 Å². The van der Waals surface area contributed by atoms with Crippen LogP contribution in [0.5, 0.6) is 0 Å². The Morgan fingerprint density at radius 3 is 2.71 bits per heavy atom. The number of carbonyl (C=O) groups excluding carboxylic acids is 1. The molecule has 0 radical (unpaired) electrons. The fourth-order valence-electron chi connectivity index (χ4n) is 4.51. The van der Waals surface area contributed by atoms with E-state index in [0.29, 0.717) is 23.2 Å². The van der Waals surface area contributed by atoms with Gasteiger partial charge in [-0.05, 0) is 43.9 Å². The lowest BCUT2D eigenvalue weighted by molar-refractivity contribution is -0.185. The van der Waals surface area contributed by atoms with Crippen molar-refractivity contribution < 1.29 is 18.8 Å². The molecule has 4 fully saturated rings. The van der Waals surface area contributed by atoms with E-state index >= 15 is 0 Å². The normalized spacial score (nSPS) is 40.5. The second kappa shape index (κ2) is 4.85. The van der Waals surface area contributed by atoms with Crippen LogP contribution in [0.15, 0.2) is 11.6 Å². The van der Waals surface area contributed by atoms with Crippen LogP contribution in [0.4, 0.5) is 0 Å². The van der Waals surface area contributed by atoms with Crippen molar-refractivity contribution in [2.24, 2.45) is 17.3 Å². The highest BCUT2D eigenvalue weighted by atomic mass is 16.7. The van der Waals surface area contributed by atoms with E-state index in [4.69, 9.17) is 14.0 Å². The lowest BCUT2D eigenvalue weighted by Crippen LogP contribution is -2.63. The fourth-order valence-corrected chi connectivity index (χ4v) is 4.51.